The normalized spacial score (nSPS) is 12.2. The van der Waals surface area contributed by atoms with Crippen molar-refractivity contribution in [1.29, 1.82) is 0 Å². The molecule has 2 heteroatoms. The van der Waals surface area contributed by atoms with Gasteiger partial charge in [-0.1, -0.05) is 29.8 Å². The number of hydrogen-bond donors (Lipinski definition) is 1. The van der Waals surface area contributed by atoms with E-state index in [4.69, 9.17) is 5.73 Å². The Labute approximate surface area is 122 Å². The van der Waals surface area contributed by atoms with Gasteiger partial charge in [-0.15, -0.1) is 0 Å². The molecule has 2 N–H and O–H groups in total. The van der Waals surface area contributed by atoms with E-state index >= 15 is 0 Å². The maximum absolute atomic E-state index is 5.99. The van der Waals surface area contributed by atoms with Crippen molar-refractivity contribution in [2.24, 2.45) is 5.73 Å². The molecule has 1 unspecified atom stereocenters. The molecule has 0 radical (unpaired) electrons. The highest BCUT2D eigenvalue weighted by molar-refractivity contribution is 5.66. The maximum Gasteiger partial charge on any atom is 0.0441 e. The van der Waals surface area contributed by atoms with Gasteiger partial charge in [0.25, 0.3) is 0 Å². The molecule has 0 aliphatic carbocycles. The summed E-state index contributed by atoms with van der Waals surface area (Å²) in [6, 6.07) is 15.3. The summed E-state index contributed by atoms with van der Waals surface area (Å²) in [6.45, 7) is 6.30. The Balaban J connectivity index is 2.40. The standard InChI is InChI=1S/C18H24N2/c1-13-6-5-7-17(11-13)20(4)18-9-8-14(2)10-16(18)12-15(3)19/h5-11,15H,12,19H2,1-4H3. The van der Waals surface area contributed by atoms with Crippen molar-refractivity contribution in [2.75, 3.05) is 11.9 Å². The molecule has 106 valence electrons. The summed E-state index contributed by atoms with van der Waals surface area (Å²) in [5, 5.41) is 0. The van der Waals surface area contributed by atoms with Gasteiger partial charge in [0, 0.05) is 24.5 Å². The van der Waals surface area contributed by atoms with Crippen LogP contribution in [0.5, 0.6) is 0 Å². The van der Waals surface area contributed by atoms with Crippen LogP contribution in [0.25, 0.3) is 0 Å². The Bertz CT molecular complexity index is 588. The molecule has 2 aromatic carbocycles. The van der Waals surface area contributed by atoms with Gasteiger partial charge in [0.1, 0.15) is 0 Å². The van der Waals surface area contributed by atoms with Crippen molar-refractivity contribution >= 4 is 11.4 Å². The minimum atomic E-state index is 0.168. The quantitative estimate of drug-likeness (QED) is 0.909. The first-order chi connectivity index (χ1) is 9.47. The highest BCUT2D eigenvalue weighted by Gasteiger charge is 2.11. The van der Waals surface area contributed by atoms with Gasteiger partial charge in [0.2, 0.25) is 0 Å². The zero-order valence-electron chi connectivity index (χ0n) is 12.9. The molecule has 0 aliphatic rings. The lowest BCUT2D eigenvalue weighted by Gasteiger charge is -2.24. The number of hydrogen-bond acceptors (Lipinski definition) is 2. The lowest BCUT2D eigenvalue weighted by molar-refractivity contribution is 0.737. The molecular weight excluding hydrogens is 244 g/mol. The van der Waals surface area contributed by atoms with Crippen molar-refractivity contribution in [3.63, 3.8) is 0 Å². The number of benzene rings is 2. The molecule has 1 atom stereocenters. The van der Waals surface area contributed by atoms with E-state index in [0.717, 1.165) is 6.42 Å². The van der Waals surface area contributed by atoms with Crippen LogP contribution in [0.1, 0.15) is 23.6 Å². The van der Waals surface area contributed by atoms with Gasteiger partial charge in [-0.3, -0.25) is 0 Å². The van der Waals surface area contributed by atoms with E-state index < -0.39 is 0 Å². The molecule has 2 aromatic rings. The van der Waals surface area contributed by atoms with Gasteiger partial charge in [0.05, 0.1) is 0 Å². The first-order valence-corrected chi connectivity index (χ1v) is 7.13. The van der Waals surface area contributed by atoms with Crippen molar-refractivity contribution in [2.45, 2.75) is 33.2 Å². The molecular formula is C18H24N2. The molecule has 0 spiro atoms. The minimum absolute atomic E-state index is 0.168. The van der Waals surface area contributed by atoms with E-state index in [0.29, 0.717) is 0 Å². The molecule has 0 amide bonds. The molecule has 0 saturated carbocycles. The average molecular weight is 268 g/mol. The second-order valence-corrected chi connectivity index (χ2v) is 5.71. The summed E-state index contributed by atoms with van der Waals surface area (Å²) in [5.41, 5.74) is 12.3. The van der Waals surface area contributed by atoms with Crippen LogP contribution in [0.15, 0.2) is 42.5 Å². The second-order valence-electron chi connectivity index (χ2n) is 5.71. The number of nitrogens with zero attached hydrogens (tertiary/aromatic N) is 1. The highest BCUT2D eigenvalue weighted by atomic mass is 15.1. The summed E-state index contributed by atoms with van der Waals surface area (Å²) < 4.78 is 0. The smallest absolute Gasteiger partial charge is 0.0441 e. The van der Waals surface area contributed by atoms with Crippen molar-refractivity contribution in [3.05, 3.63) is 59.2 Å². The molecule has 0 bridgehead atoms. The summed E-state index contributed by atoms with van der Waals surface area (Å²) in [7, 11) is 2.12. The fraction of sp³-hybridized carbons (Fsp3) is 0.333. The number of nitrogens with two attached hydrogens (primary N) is 1. The van der Waals surface area contributed by atoms with Crippen molar-refractivity contribution in [3.8, 4) is 0 Å². The monoisotopic (exact) mass is 268 g/mol. The van der Waals surface area contributed by atoms with Gasteiger partial charge in [-0.25, -0.2) is 0 Å². The van der Waals surface area contributed by atoms with E-state index in [-0.39, 0.29) is 6.04 Å². The maximum atomic E-state index is 5.99. The lowest BCUT2D eigenvalue weighted by atomic mass is 10.0. The Morgan fingerprint density at radius 1 is 1.05 bits per heavy atom. The van der Waals surface area contributed by atoms with E-state index in [1.807, 2.05) is 0 Å². The summed E-state index contributed by atoms with van der Waals surface area (Å²) in [5.74, 6) is 0. The number of rotatable bonds is 4. The van der Waals surface area contributed by atoms with Crippen LogP contribution in [0, 0.1) is 13.8 Å². The van der Waals surface area contributed by atoms with Gasteiger partial charge in [0.15, 0.2) is 0 Å². The summed E-state index contributed by atoms with van der Waals surface area (Å²) >= 11 is 0. The zero-order chi connectivity index (χ0) is 14.7. The SMILES string of the molecule is Cc1cccc(N(C)c2ccc(C)cc2CC(C)N)c1. The van der Waals surface area contributed by atoms with Gasteiger partial charge in [-0.2, -0.15) is 0 Å². The molecule has 0 heterocycles. The Hall–Kier alpha value is -1.80. The lowest BCUT2D eigenvalue weighted by Crippen LogP contribution is -2.20. The highest BCUT2D eigenvalue weighted by Crippen LogP contribution is 2.29. The fourth-order valence-electron chi connectivity index (χ4n) is 2.53. The van der Waals surface area contributed by atoms with Crippen LogP contribution in [-0.2, 0) is 6.42 Å². The molecule has 0 aliphatic heterocycles. The largest absolute Gasteiger partial charge is 0.344 e. The predicted molar refractivity (Wildman–Crippen MR) is 87.8 cm³/mol. The molecule has 20 heavy (non-hydrogen) atoms. The number of anilines is 2. The van der Waals surface area contributed by atoms with Crippen molar-refractivity contribution < 1.29 is 0 Å². The van der Waals surface area contributed by atoms with Crippen LogP contribution in [-0.4, -0.2) is 13.1 Å². The molecule has 0 aromatic heterocycles. The summed E-state index contributed by atoms with van der Waals surface area (Å²) in [4.78, 5) is 2.24. The van der Waals surface area contributed by atoms with E-state index in [2.05, 4.69) is 75.2 Å². The van der Waals surface area contributed by atoms with Crippen LogP contribution in [0.2, 0.25) is 0 Å². The molecule has 0 fully saturated rings. The Morgan fingerprint density at radius 2 is 1.75 bits per heavy atom. The average Bonchev–Trinajstić information content (AvgIpc) is 2.37. The summed E-state index contributed by atoms with van der Waals surface area (Å²) in [6.07, 6.45) is 0.896. The molecule has 2 nitrogen and oxygen atoms in total. The minimum Gasteiger partial charge on any atom is -0.344 e. The van der Waals surface area contributed by atoms with E-state index in [1.54, 1.807) is 0 Å². The second kappa shape index (κ2) is 6.10. The number of aryl methyl sites for hydroxylation is 2. The van der Waals surface area contributed by atoms with E-state index in [9.17, 15) is 0 Å². The third-order valence-electron chi connectivity index (χ3n) is 3.53. The third-order valence-corrected chi connectivity index (χ3v) is 3.53. The van der Waals surface area contributed by atoms with Crippen LogP contribution in [0.4, 0.5) is 11.4 Å². The fourth-order valence-corrected chi connectivity index (χ4v) is 2.53. The van der Waals surface area contributed by atoms with Crippen LogP contribution < -0.4 is 10.6 Å². The van der Waals surface area contributed by atoms with Gasteiger partial charge in [-0.05, 0) is 56.5 Å². The first kappa shape index (κ1) is 14.6. The van der Waals surface area contributed by atoms with Crippen molar-refractivity contribution in [1.82, 2.24) is 0 Å². The third kappa shape index (κ3) is 3.40. The van der Waals surface area contributed by atoms with Crippen LogP contribution >= 0.6 is 0 Å². The molecule has 0 saturated heterocycles. The Morgan fingerprint density at radius 3 is 2.40 bits per heavy atom. The topological polar surface area (TPSA) is 29.3 Å². The van der Waals surface area contributed by atoms with Crippen LogP contribution in [0.3, 0.4) is 0 Å². The molecule has 2 rings (SSSR count). The van der Waals surface area contributed by atoms with E-state index in [1.165, 1.54) is 28.1 Å². The van der Waals surface area contributed by atoms with Gasteiger partial charge < -0.3 is 10.6 Å². The zero-order valence-corrected chi connectivity index (χ0v) is 12.9. The first-order valence-electron chi connectivity index (χ1n) is 7.13. The van der Waals surface area contributed by atoms with Gasteiger partial charge >= 0.3 is 0 Å². The Kier molecular flexibility index (Phi) is 4.46. The predicted octanol–water partition coefficient (Wildman–Crippen LogP) is 3.96.